The van der Waals surface area contributed by atoms with E-state index in [0.717, 1.165) is 19.3 Å². The van der Waals surface area contributed by atoms with Crippen LogP contribution in [0.1, 0.15) is 25.7 Å². The van der Waals surface area contributed by atoms with Gasteiger partial charge in [0.05, 0.1) is 18.6 Å². The maximum atomic E-state index is 12.4. The molecular weight excluding hydrogens is 358 g/mol. The van der Waals surface area contributed by atoms with E-state index in [1.54, 1.807) is 12.1 Å². The molecule has 2 N–H and O–H groups in total. The second-order valence-corrected chi connectivity index (χ2v) is 8.60. The highest BCUT2D eigenvalue weighted by molar-refractivity contribution is 7.92. The molecule has 0 spiro atoms. The quantitative estimate of drug-likeness (QED) is 0.743. The van der Waals surface area contributed by atoms with E-state index in [4.69, 9.17) is 4.74 Å². The van der Waals surface area contributed by atoms with Gasteiger partial charge in [-0.05, 0) is 49.8 Å². The van der Waals surface area contributed by atoms with Crippen LogP contribution in [0, 0.1) is 5.92 Å². The summed E-state index contributed by atoms with van der Waals surface area (Å²) >= 11 is 0. The van der Waals surface area contributed by atoms with E-state index in [9.17, 15) is 18.0 Å². The Morgan fingerprint density at radius 1 is 1.23 bits per heavy atom. The lowest BCUT2D eigenvalue weighted by Gasteiger charge is -2.29. The summed E-state index contributed by atoms with van der Waals surface area (Å²) < 4.78 is 31.3. The Hall–Kier alpha value is -2.29. The fourth-order valence-corrected chi connectivity index (χ4v) is 4.49. The molecule has 26 heavy (non-hydrogen) atoms. The lowest BCUT2D eigenvalue weighted by atomic mass is 10.2. The zero-order valence-corrected chi connectivity index (χ0v) is 15.5. The number of ether oxygens (including phenoxy) is 1. The summed E-state index contributed by atoms with van der Waals surface area (Å²) in [6.45, 7) is 0.865. The fraction of sp³-hybridized carbons (Fsp3) is 0.529. The van der Waals surface area contributed by atoms with Gasteiger partial charge in [-0.1, -0.05) is 0 Å². The first-order chi connectivity index (χ1) is 12.4. The summed E-state index contributed by atoms with van der Waals surface area (Å²) in [5.41, 5.74) is 0.705. The van der Waals surface area contributed by atoms with Crippen LogP contribution in [-0.4, -0.2) is 46.2 Å². The Bertz CT molecular complexity index is 805. The van der Waals surface area contributed by atoms with Crippen LogP contribution in [0.3, 0.4) is 0 Å². The third-order valence-corrected chi connectivity index (χ3v) is 6.36. The molecule has 8 nitrogen and oxygen atoms in total. The van der Waals surface area contributed by atoms with Crippen LogP contribution in [-0.2, 0) is 19.6 Å². The summed E-state index contributed by atoms with van der Waals surface area (Å²) in [5.74, 6) is -0.519. The van der Waals surface area contributed by atoms with Gasteiger partial charge in [0.15, 0.2) is 0 Å². The van der Waals surface area contributed by atoms with Crippen molar-refractivity contribution < 1.29 is 22.7 Å². The normalized spacial score (nSPS) is 18.9. The van der Waals surface area contributed by atoms with Crippen LogP contribution >= 0.6 is 0 Å². The van der Waals surface area contributed by atoms with E-state index in [2.05, 4.69) is 10.6 Å². The number of amides is 2. The summed E-state index contributed by atoms with van der Waals surface area (Å²) in [6.07, 6.45) is 3.53. The molecule has 0 radical (unpaired) electrons. The summed E-state index contributed by atoms with van der Waals surface area (Å²) in [5, 5.41) is 5.11. The van der Waals surface area contributed by atoms with Gasteiger partial charge in [0, 0.05) is 18.8 Å². The molecule has 2 fully saturated rings. The Kier molecular flexibility index (Phi) is 5.36. The van der Waals surface area contributed by atoms with Crippen molar-refractivity contribution in [3.63, 3.8) is 0 Å². The van der Waals surface area contributed by atoms with Crippen LogP contribution < -0.4 is 19.7 Å². The topological polar surface area (TPSA) is 105 Å². The molecule has 9 heteroatoms. The number of nitrogens with zero attached hydrogens (tertiary/aromatic N) is 1. The average molecular weight is 381 g/mol. The lowest BCUT2D eigenvalue weighted by Crippen LogP contribution is -2.38. The van der Waals surface area contributed by atoms with Crippen LogP contribution in [0.2, 0.25) is 0 Å². The predicted octanol–water partition coefficient (Wildman–Crippen LogP) is 1.09. The number of carbonyl (C=O) groups is 2. The van der Waals surface area contributed by atoms with Crippen molar-refractivity contribution in [1.29, 1.82) is 0 Å². The van der Waals surface area contributed by atoms with Crippen molar-refractivity contribution in [2.75, 3.05) is 35.6 Å². The highest BCUT2D eigenvalue weighted by Gasteiger charge is 2.29. The third-order valence-electron chi connectivity index (χ3n) is 4.51. The fourth-order valence-electron chi connectivity index (χ4n) is 2.85. The standard InChI is InChI=1S/C17H23N3O5S/c1-25-15-7-6-13(19-17(22)16(21)18-11-12-4-5-12)10-14(15)20-8-2-3-9-26(20,23)24/h6-7,10,12H,2-5,8-9,11H2,1H3,(H,18,21)(H,19,22). The van der Waals surface area contributed by atoms with E-state index in [-0.39, 0.29) is 5.75 Å². The zero-order chi connectivity index (χ0) is 18.7. The number of hydrogen-bond acceptors (Lipinski definition) is 5. The van der Waals surface area contributed by atoms with Crippen LogP contribution in [0.15, 0.2) is 18.2 Å². The number of benzene rings is 1. The molecule has 1 aromatic carbocycles. The van der Waals surface area contributed by atoms with Crippen LogP contribution in [0.25, 0.3) is 0 Å². The monoisotopic (exact) mass is 381 g/mol. The number of rotatable bonds is 5. The smallest absolute Gasteiger partial charge is 0.313 e. The van der Waals surface area contributed by atoms with Crippen molar-refractivity contribution >= 4 is 33.2 Å². The number of methoxy groups -OCH3 is 1. The first kappa shape index (κ1) is 18.5. The molecule has 0 unspecified atom stereocenters. The van der Waals surface area contributed by atoms with Gasteiger partial charge in [0.2, 0.25) is 10.0 Å². The minimum absolute atomic E-state index is 0.0797. The minimum atomic E-state index is -3.42. The van der Waals surface area contributed by atoms with Crippen LogP contribution in [0.4, 0.5) is 11.4 Å². The molecule has 1 aliphatic carbocycles. The molecule has 1 saturated carbocycles. The Morgan fingerprint density at radius 2 is 2.00 bits per heavy atom. The van der Waals surface area contributed by atoms with Gasteiger partial charge in [-0.25, -0.2) is 8.42 Å². The Morgan fingerprint density at radius 3 is 2.65 bits per heavy atom. The van der Waals surface area contributed by atoms with E-state index in [1.165, 1.54) is 17.5 Å². The van der Waals surface area contributed by atoms with Gasteiger partial charge in [-0.15, -0.1) is 0 Å². The molecule has 0 bridgehead atoms. The largest absolute Gasteiger partial charge is 0.495 e. The van der Waals surface area contributed by atoms with Crippen molar-refractivity contribution in [1.82, 2.24) is 5.32 Å². The molecule has 1 aromatic rings. The van der Waals surface area contributed by atoms with Crippen molar-refractivity contribution in [3.05, 3.63) is 18.2 Å². The maximum absolute atomic E-state index is 12.4. The van der Waals surface area contributed by atoms with E-state index < -0.39 is 21.8 Å². The number of sulfonamides is 1. The third kappa shape index (κ3) is 4.27. The number of nitrogens with one attached hydrogen (secondary N) is 2. The second-order valence-electron chi connectivity index (χ2n) is 6.59. The van der Waals surface area contributed by atoms with Gasteiger partial charge in [-0.3, -0.25) is 13.9 Å². The summed E-state index contributed by atoms with van der Waals surface area (Å²) in [6, 6.07) is 4.68. The van der Waals surface area contributed by atoms with Crippen LogP contribution in [0.5, 0.6) is 5.75 Å². The highest BCUT2D eigenvalue weighted by Crippen LogP contribution is 2.35. The molecule has 2 aliphatic rings. The van der Waals surface area contributed by atoms with E-state index in [1.807, 2.05) is 0 Å². The predicted molar refractivity (Wildman–Crippen MR) is 97.7 cm³/mol. The second kappa shape index (κ2) is 7.53. The SMILES string of the molecule is COc1ccc(NC(=O)C(=O)NCC2CC2)cc1N1CCCCS1(=O)=O. The molecule has 1 heterocycles. The molecule has 142 valence electrons. The average Bonchev–Trinajstić information content (AvgIpc) is 3.43. The molecule has 1 saturated heterocycles. The number of hydrogen-bond donors (Lipinski definition) is 2. The zero-order valence-electron chi connectivity index (χ0n) is 14.7. The molecule has 2 amide bonds. The number of anilines is 2. The summed E-state index contributed by atoms with van der Waals surface area (Å²) in [7, 11) is -1.96. The lowest BCUT2D eigenvalue weighted by molar-refractivity contribution is -0.136. The molecule has 3 rings (SSSR count). The molecular formula is C17H23N3O5S. The van der Waals surface area contributed by atoms with E-state index in [0.29, 0.717) is 42.6 Å². The molecule has 1 aliphatic heterocycles. The van der Waals surface area contributed by atoms with Gasteiger partial charge in [-0.2, -0.15) is 0 Å². The molecule has 0 aromatic heterocycles. The maximum Gasteiger partial charge on any atom is 0.313 e. The van der Waals surface area contributed by atoms with Gasteiger partial charge >= 0.3 is 11.8 Å². The summed E-state index contributed by atoms with van der Waals surface area (Å²) in [4.78, 5) is 23.9. The van der Waals surface area contributed by atoms with Crippen molar-refractivity contribution in [3.8, 4) is 5.75 Å². The van der Waals surface area contributed by atoms with Gasteiger partial charge in [0.25, 0.3) is 0 Å². The van der Waals surface area contributed by atoms with Crippen molar-refractivity contribution in [2.45, 2.75) is 25.7 Å². The number of carbonyl (C=O) groups excluding carboxylic acids is 2. The van der Waals surface area contributed by atoms with E-state index >= 15 is 0 Å². The van der Waals surface area contributed by atoms with Crippen molar-refractivity contribution in [2.24, 2.45) is 5.92 Å². The molecule has 0 atom stereocenters. The first-order valence-electron chi connectivity index (χ1n) is 8.68. The van der Waals surface area contributed by atoms with Gasteiger partial charge in [0.1, 0.15) is 5.75 Å². The first-order valence-corrected chi connectivity index (χ1v) is 10.3. The Balaban J connectivity index is 1.76. The minimum Gasteiger partial charge on any atom is -0.495 e. The highest BCUT2D eigenvalue weighted by atomic mass is 32.2. The van der Waals surface area contributed by atoms with Gasteiger partial charge < -0.3 is 15.4 Å². The Labute approximate surface area is 152 Å².